The van der Waals surface area contributed by atoms with Gasteiger partial charge in [0.05, 0.1) is 16.8 Å². The summed E-state index contributed by atoms with van der Waals surface area (Å²) in [6.07, 6.45) is -4.11. The molecule has 0 N–H and O–H groups in total. The number of para-hydroxylation sites is 1. The van der Waals surface area contributed by atoms with Gasteiger partial charge in [0.15, 0.2) is 11.0 Å². The van der Waals surface area contributed by atoms with E-state index in [0.717, 1.165) is 45.6 Å². The Bertz CT molecular complexity index is 1590. The molecule has 39 heavy (non-hydrogen) atoms. The van der Waals surface area contributed by atoms with Crippen molar-refractivity contribution in [2.24, 2.45) is 0 Å². The number of hydrogen-bond acceptors (Lipinski definition) is 5. The van der Waals surface area contributed by atoms with Crippen LogP contribution < -0.4 is 0 Å². The number of thioether (sulfide) groups is 1. The molecule has 10 heteroatoms. The van der Waals surface area contributed by atoms with Gasteiger partial charge in [-0.3, -0.25) is 0 Å². The van der Waals surface area contributed by atoms with E-state index in [1.807, 2.05) is 65.2 Å². The van der Waals surface area contributed by atoms with Crippen LogP contribution in [0.25, 0.3) is 33.5 Å². The summed E-state index contributed by atoms with van der Waals surface area (Å²) in [6, 6.07) is 22.8. The van der Waals surface area contributed by atoms with Crippen LogP contribution in [0.15, 0.2) is 84.0 Å². The lowest BCUT2D eigenvalue weighted by molar-refractivity contribution is -0.140. The maximum absolute atomic E-state index is 14.7. The summed E-state index contributed by atoms with van der Waals surface area (Å²) in [6.45, 7) is 0.997. The van der Waals surface area contributed by atoms with Crippen LogP contribution in [0.1, 0.15) is 17.5 Å². The van der Waals surface area contributed by atoms with Gasteiger partial charge in [-0.1, -0.05) is 72.4 Å². The molecule has 0 unspecified atom stereocenters. The van der Waals surface area contributed by atoms with Gasteiger partial charge >= 0.3 is 6.18 Å². The zero-order valence-corrected chi connectivity index (χ0v) is 21.8. The molecule has 200 valence electrons. The van der Waals surface area contributed by atoms with Crippen LogP contribution in [0.5, 0.6) is 0 Å². The van der Waals surface area contributed by atoms with Crippen molar-refractivity contribution in [3.63, 3.8) is 0 Å². The van der Waals surface area contributed by atoms with Gasteiger partial charge in [-0.15, -0.1) is 10.2 Å². The van der Waals surface area contributed by atoms with Gasteiger partial charge in [0.1, 0.15) is 5.82 Å². The number of rotatable bonds is 9. The Kier molecular flexibility index (Phi) is 7.94. The maximum atomic E-state index is 14.7. The molecule has 0 aliphatic rings. The van der Waals surface area contributed by atoms with Crippen LogP contribution in [-0.2, 0) is 23.2 Å². The van der Waals surface area contributed by atoms with Gasteiger partial charge in [-0.25, -0.2) is 9.37 Å². The van der Waals surface area contributed by atoms with Crippen molar-refractivity contribution in [2.45, 2.75) is 30.1 Å². The smallest absolute Gasteiger partial charge is 0.385 e. The van der Waals surface area contributed by atoms with Crippen LogP contribution in [-0.4, -0.2) is 33.5 Å². The van der Waals surface area contributed by atoms with Gasteiger partial charge in [0.25, 0.3) is 0 Å². The third kappa shape index (κ3) is 5.81. The second-order valence-electron chi connectivity index (χ2n) is 8.81. The van der Waals surface area contributed by atoms with E-state index >= 15 is 0 Å². The predicted octanol–water partition coefficient (Wildman–Crippen LogP) is 7.65. The van der Waals surface area contributed by atoms with Gasteiger partial charge in [0.2, 0.25) is 0 Å². The highest BCUT2D eigenvalue weighted by Crippen LogP contribution is 2.36. The number of hydrogen-bond donors (Lipinski definition) is 0. The number of ether oxygens (including phenoxy) is 1. The molecule has 0 fully saturated rings. The Morgan fingerprint density at radius 1 is 0.923 bits per heavy atom. The van der Waals surface area contributed by atoms with Crippen molar-refractivity contribution in [2.75, 3.05) is 13.7 Å². The van der Waals surface area contributed by atoms with E-state index in [9.17, 15) is 17.6 Å². The number of aromatic nitrogens is 4. The number of fused-ring (bicyclic) bond motifs is 1. The number of halogens is 4. The molecule has 0 amide bonds. The van der Waals surface area contributed by atoms with Crippen molar-refractivity contribution in [3.8, 4) is 22.6 Å². The highest BCUT2D eigenvalue weighted by atomic mass is 32.2. The Morgan fingerprint density at radius 2 is 1.69 bits per heavy atom. The van der Waals surface area contributed by atoms with Crippen molar-refractivity contribution in [3.05, 3.63) is 95.8 Å². The lowest BCUT2D eigenvalue weighted by Gasteiger charge is -2.14. The summed E-state index contributed by atoms with van der Waals surface area (Å²) < 4.78 is 61.5. The zero-order valence-electron chi connectivity index (χ0n) is 21.0. The molecule has 2 heterocycles. The van der Waals surface area contributed by atoms with Gasteiger partial charge in [0, 0.05) is 42.5 Å². The summed E-state index contributed by atoms with van der Waals surface area (Å²) >= 11 is 1.14. The third-order valence-corrected chi connectivity index (χ3v) is 7.23. The maximum Gasteiger partial charge on any atom is 0.419 e. The highest BCUT2D eigenvalue weighted by molar-refractivity contribution is 7.98. The quantitative estimate of drug-likeness (QED) is 0.107. The second-order valence-corrected chi connectivity index (χ2v) is 9.75. The minimum Gasteiger partial charge on any atom is -0.385 e. The SMILES string of the molecule is COCCCn1c(SCc2cccc(C(F)(F)F)c2F)nnc1-c1cc(-c2ccccc2)nc2ccccc12. The molecule has 5 nitrogen and oxygen atoms in total. The molecule has 5 rings (SSSR count). The molecule has 0 aliphatic carbocycles. The normalized spacial score (nSPS) is 11.8. The first-order valence-electron chi connectivity index (χ1n) is 12.2. The topological polar surface area (TPSA) is 52.8 Å². The van der Waals surface area contributed by atoms with E-state index in [-0.39, 0.29) is 11.3 Å². The molecule has 0 spiro atoms. The summed E-state index contributed by atoms with van der Waals surface area (Å²) in [5, 5.41) is 10.2. The molecule has 2 aromatic heterocycles. The number of alkyl halides is 3. The molecule has 0 saturated heterocycles. The van der Waals surface area contributed by atoms with Gasteiger partial charge < -0.3 is 9.30 Å². The fourth-order valence-corrected chi connectivity index (χ4v) is 5.27. The lowest BCUT2D eigenvalue weighted by Crippen LogP contribution is -2.10. The highest BCUT2D eigenvalue weighted by Gasteiger charge is 2.34. The summed E-state index contributed by atoms with van der Waals surface area (Å²) in [5.41, 5.74) is 2.01. The van der Waals surface area contributed by atoms with Crippen LogP contribution in [0.3, 0.4) is 0 Å². The summed E-state index contributed by atoms with van der Waals surface area (Å²) in [5.74, 6) is -0.713. The van der Waals surface area contributed by atoms with E-state index in [2.05, 4.69) is 10.2 Å². The van der Waals surface area contributed by atoms with Crippen LogP contribution in [0.4, 0.5) is 17.6 Å². The van der Waals surface area contributed by atoms with E-state index in [4.69, 9.17) is 9.72 Å². The Hall–Kier alpha value is -3.76. The molecule has 0 radical (unpaired) electrons. The Labute approximate surface area is 226 Å². The molecule has 0 atom stereocenters. The van der Waals surface area contributed by atoms with E-state index in [0.29, 0.717) is 30.6 Å². The van der Waals surface area contributed by atoms with Crippen molar-refractivity contribution >= 4 is 22.7 Å². The Morgan fingerprint density at radius 3 is 2.46 bits per heavy atom. The fourth-order valence-electron chi connectivity index (χ4n) is 4.33. The zero-order chi connectivity index (χ0) is 27.4. The summed E-state index contributed by atoms with van der Waals surface area (Å²) in [4.78, 5) is 4.84. The number of pyridine rings is 1. The predicted molar refractivity (Wildman–Crippen MR) is 144 cm³/mol. The monoisotopic (exact) mass is 552 g/mol. The first kappa shape index (κ1) is 26.8. The second kappa shape index (κ2) is 11.5. The molecule has 0 bridgehead atoms. The minimum absolute atomic E-state index is 0.0372. The van der Waals surface area contributed by atoms with E-state index < -0.39 is 17.6 Å². The minimum atomic E-state index is -4.77. The fraction of sp³-hybridized carbons (Fsp3) is 0.207. The number of methoxy groups -OCH3 is 1. The molecule has 3 aromatic carbocycles. The summed E-state index contributed by atoms with van der Waals surface area (Å²) in [7, 11) is 1.61. The Balaban J connectivity index is 1.56. The number of nitrogens with zero attached hydrogens (tertiary/aromatic N) is 4. The van der Waals surface area contributed by atoms with Crippen molar-refractivity contribution in [1.82, 2.24) is 19.7 Å². The van der Waals surface area contributed by atoms with E-state index in [1.54, 1.807) is 7.11 Å². The third-order valence-electron chi connectivity index (χ3n) is 6.21. The average Bonchev–Trinajstić information content (AvgIpc) is 3.34. The van der Waals surface area contributed by atoms with Gasteiger partial charge in [-0.05, 0) is 30.2 Å². The van der Waals surface area contributed by atoms with Crippen molar-refractivity contribution in [1.29, 1.82) is 0 Å². The van der Waals surface area contributed by atoms with Crippen LogP contribution >= 0.6 is 11.8 Å². The standard InChI is InChI=1S/C29H24F4N4OS/c1-38-16-8-15-37-27(35-36-28(37)39-18-20-11-7-13-23(26(20)30)29(31,32)33)22-17-25(19-9-3-2-4-10-19)34-24-14-6-5-12-21(22)24/h2-7,9-14,17H,8,15-16,18H2,1H3. The van der Waals surface area contributed by atoms with Crippen molar-refractivity contribution < 1.29 is 22.3 Å². The first-order chi connectivity index (χ1) is 18.9. The lowest BCUT2D eigenvalue weighted by atomic mass is 10.0. The number of benzene rings is 3. The largest absolute Gasteiger partial charge is 0.419 e. The molecule has 0 saturated carbocycles. The van der Waals surface area contributed by atoms with Gasteiger partial charge in [-0.2, -0.15) is 13.2 Å². The van der Waals surface area contributed by atoms with Crippen LogP contribution in [0, 0.1) is 5.82 Å². The first-order valence-corrected chi connectivity index (χ1v) is 13.2. The average molecular weight is 553 g/mol. The van der Waals surface area contributed by atoms with Crippen LogP contribution in [0.2, 0.25) is 0 Å². The molecule has 5 aromatic rings. The van der Waals surface area contributed by atoms with E-state index in [1.165, 1.54) is 12.1 Å². The molecular weight excluding hydrogens is 528 g/mol. The molecular formula is C29H24F4N4OS. The molecule has 0 aliphatic heterocycles.